The van der Waals surface area contributed by atoms with E-state index < -0.39 is 17.4 Å². The van der Waals surface area contributed by atoms with Crippen LogP contribution in [0.2, 0.25) is 0 Å². The summed E-state index contributed by atoms with van der Waals surface area (Å²) in [5.41, 5.74) is 0.472. The van der Waals surface area contributed by atoms with Crippen LogP contribution in [0.4, 0.5) is 5.69 Å². The van der Waals surface area contributed by atoms with E-state index in [4.69, 9.17) is 4.74 Å². The van der Waals surface area contributed by atoms with E-state index in [9.17, 15) is 14.4 Å². The Labute approximate surface area is 120 Å². The van der Waals surface area contributed by atoms with Gasteiger partial charge in [-0.15, -0.1) is 0 Å². The minimum Gasteiger partial charge on any atom is -0.462 e. The van der Waals surface area contributed by atoms with Gasteiger partial charge in [-0.05, 0) is 31.2 Å². The molecule has 0 aliphatic rings. The molecule has 1 aromatic heterocycles. The Kier molecular flexibility index (Phi) is 4.45. The summed E-state index contributed by atoms with van der Waals surface area (Å²) in [5, 5.41) is 2.58. The number of aromatic nitrogens is 2. The highest BCUT2D eigenvalue weighted by Gasteiger charge is 2.09. The lowest BCUT2D eigenvalue weighted by atomic mass is 10.2. The molecule has 0 spiro atoms. The fourth-order valence-electron chi connectivity index (χ4n) is 1.59. The zero-order valence-corrected chi connectivity index (χ0v) is 11.3. The predicted molar refractivity (Wildman–Crippen MR) is 75.2 cm³/mol. The molecule has 0 unspecified atom stereocenters. The van der Waals surface area contributed by atoms with Crippen LogP contribution in [0.5, 0.6) is 0 Å². The minimum atomic E-state index is -0.509. The van der Waals surface area contributed by atoms with E-state index in [2.05, 4.69) is 15.3 Å². The monoisotopic (exact) mass is 287 g/mol. The van der Waals surface area contributed by atoms with Gasteiger partial charge in [-0.25, -0.2) is 9.78 Å². The van der Waals surface area contributed by atoms with Crippen LogP contribution >= 0.6 is 0 Å². The van der Waals surface area contributed by atoms with E-state index in [0.29, 0.717) is 17.9 Å². The summed E-state index contributed by atoms with van der Waals surface area (Å²) in [6, 6.07) is 7.31. The molecule has 0 bridgehead atoms. The van der Waals surface area contributed by atoms with Gasteiger partial charge >= 0.3 is 5.97 Å². The number of hydrogen-bond acceptors (Lipinski definition) is 5. The summed E-state index contributed by atoms with van der Waals surface area (Å²) >= 11 is 0. The van der Waals surface area contributed by atoms with Gasteiger partial charge < -0.3 is 15.0 Å². The lowest BCUT2D eigenvalue weighted by Gasteiger charge is -2.05. The summed E-state index contributed by atoms with van der Waals surface area (Å²) in [6.45, 7) is 2.02. The molecular weight excluding hydrogens is 274 g/mol. The lowest BCUT2D eigenvalue weighted by Crippen LogP contribution is -2.17. The Balaban J connectivity index is 2.08. The summed E-state index contributed by atoms with van der Waals surface area (Å²) in [6.07, 6.45) is 1.15. The molecule has 0 aliphatic carbocycles. The Hall–Kier alpha value is -2.96. The first-order chi connectivity index (χ1) is 10.1. The van der Waals surface area contributed by atoms with Crippen LogP contribution in [0.15, 0.2) is 41.5 Å². The highest BCUT2D eigenvalue weighted by molar-refractivity contribution is 6.03. The Morgan fingerprint density at radius 3 is 2.62 bits per heavy atom. The third-order valence-electron chi connectivity index (χ3n) is 2.56. The van der Waals surface area contributed by atoms with Gasteiger partial charge in [0.1, 0.15) is 5.69 Å². The number of ether oxygens (including phenoxy) is 1. The van der Waals surface area contributed by atoms with Crippen LogP contribution in [-0.4, -0.2) is 28.5 Å². The second-order valence-electron chi connectivity index (χ2n) is 4.05. The Bertz CT molecular complexity index is 707. The fourth-order valence-corrected chi connectivity index (χ4v) is 1.59. The van der Waals surface area contributed by atoms with Crippen molar-refractivity contribution in [2.75, 3.05) is 11.9 Å². The number of anilines is 1. The number of nitrogens with zero attached hydrogens (tertiary/aromatic N) is 1. The molecule has 1 amide bonds. The second-order valence-corrected chi connectivity index (χ2v) is 4.05. The van der Waals surface area contributed by atoms with Crippen LogP contribution in [0.3, 0.4) is 0 Å². The number of benzene rings is 1. The summed E-state index contributed by atoms with van der Waals surface area (Å²) in [4.78, 5) is 40.5. The van der Waals surface area contributed by atoms with Crippen molar-refractivity contribution in [3.8, 4) is 0 Å². The zero-order chi connectivity index (χ0) is 15.2. The van der Waals surface area contributed by atoms with Crippen LogP contribution < -0.4 is 10.9 Å². The topological polar surface area (TPSA) is 101 Å². The molecule has 1 heterocycles. The van der Waals surface area contributed by atoms with E-state index >= 15 is 0 Å². The van der Waals surface area contributed by atoms with E-state index in [0.717, 1.165) is 12.4 Å². The third-order valence-corrected chi connectivity index (χ3v) is 2.56. The molecule has 7 nitrogen and oxygen atoms in total. The minimum absolute atomic E-state index is 0.00761. The fraction of sp³-hybridized carbons (Fsp3) is 0.143. The standard InChI is InChI=1S/C14H13N3O4/c1-2-21-14(20)9-3-5-10(6-4-9)17-13(19)11-7-12(18)16-8-15-11/h3-8H,2H2,1H3,(H,17,19)(H,15,16,18). The summed E-state index contributed by atoms with van der Waals surface area (Å²) < 4.78 is 4.86. The number of aromatic amines is 1. The maximum absolute atomic E-state index is 11.9. The van der Waals surface area contributed by atoms with Crippen molar-refractivity contribution < 1.29 is 14.3 Å². The molecule has 7 heteroatoms. The molecule has 0 radical (unpaired) electrons. The largest absolute Gasteiger partial charge is 0.462 e. The first-order valence-electron chi connectivity index (χ1n) is 6.23. The molecular formula is C14H13N3O4. The molecule has 108 valence electrons. The number of carbonyl (C=O) groups is 2. The Morgan fingerprint density at radius 2 is 2.00 bits per heavy atom. The van der Waals surface area contributed by atoms with Crippen LogP contribution in [-0.2, 0) is 4.74 Å². The molecule has 2 rings (SSSR count). The second kappa shape index (κ2) is 6.47. The molecule has 0 atom stereocenters. The summed E-state index contributed by atoms with van der Waals surface area (Å²) in [7, 11) is 0. The van der Waals surface area contributed by atoms with E-state index in [1.807, 2.05) is 0 Å². The lowest BCUT2D eigenvalue weighted by molar-refractivity contribution is 0.0526. The number of H-pyrrole nitrogens is 1. The van der Waals surface area contributed by atoms with Crippen molar-refractivity contribution in [3.63, 3.8) is 0 Å². The van der Waals surface area contributed by atoms with Crippen LogP contribution in [0.25, 0.3) is 0 Å². The van der Waals surface area contributed by atoms with Gasteiger partial charge in [-0.1, -0.05) is 0 Å². The number of carbonyl (C=O) groups excluding carboxylic acids is 2. The van der Waals surface area contributed by atoms with Gasteiger partial charge in [0.15, 0.2) is 0 Å². The molecule has 0 fully saturated rings. The van der Waals surface area contributed by atoms with Gasteiger partial charge in [0.2, 0.25) is 0 Å². The molecule has 1 aromatic carbocycles. The molecule has 2 aromatic rings. The normalized spacial score (nSPS) is 9.95. The van der Waals surface area contributed by atoms with E-state index in [-0.39, 0.29) is 5.69 Å². The van der Waals surface area contributed by atoms with E-state index in [1.165, 1.54) is 0 Å². The number of nitrogens with one attached hydrogen (secondary N) is 2. The van der Waals surface area contributed by atoms with Crippen molar-refractivity contribution in [1.82, 2.24) is 9.97 Å². The van der Waals surface area contributed by atoms with Crippen molar-refractivity contribution in [1.29, 1.82) is 0 Å². The quantitative estimate of drug-likeness (QED) is 0.823. The Morgan fingerprint density at radius 1 is 1.29 bits per heavy atom. The average Bonchev–Trinajstić information content (AvgIpc) is 2.48. The van der Waals surface area contributed by atoms with Crippen molar-refractivity contribution in [3.05, 3.63) is 58.3 Å². The maximum Gasteiger partial charge on any atom is 0.338 e. The van der Waals surface area contributed by atoms with Crippen LogP contribution in [0.1, 0.15) is 27.8 Å². The van der Waals surface area contributed by atoms with Gasteiger partial charge in [-0.3, -0.25) is 9.59 Å². The number of rotatable bonds is 4. The molecule has 0 saturated heterocycles. The number of amides is 1. The average molecular weight is 287 g/mol. The van der Waals surface area contributed by atoms with Crippen molar-refractivity contribution in [2.24, 2.45) is 0 Å². The van der Waals surface area contributed by atoms with Gasteiger partial charge in [0.05, 0.1) is 18.5 Å². The van der Waals surface area contributed by atoms with Crippen molar-refractivity contribution in [2.45, 2.75) is 6.92 Å². The maximum atomic E-state index is 11.9. The molecule has 0 aliphatic heterocycles. The predicted octanol–water partition coefficient (Wildman–Crippen LogP) is 1.20. The van der Waals surface area contributed by atoms with Crippen LogP contribution in [0, 0.1) is 0 Å². The first kappa shape index (κ1) is 14.4. The van der Waals surface area contributed by atoms with Gasteiger partial charge in [0.25, 0.3) is 11.5 Å². The summed E-state index contributed by atoms with van der Waals surface area (Å²) in [5.74, 6) is -0.934. The van der Waals surface area contributed by atoms with E-state index in [1.54, 1.807) is 31.2 Å². The molecule has 0 saturated carbocycles. The van der Waals surface area contributed by atoms with Gasteiger partial charge in [-0.2, -0.15) is 0 Å². The van der Waals surface area contributed by atoms with Gasteiger partial charge in [0, 0.05) is 11.8 Å². The third kappa shape index (κ3) is 3.75. The highest BCUT2D eigenvalue weighted by Crippen LogP contribution is 2.11. The number of esters is 1. The smallest absolute Gasteiger partial charge is 0.338 e. The zero-order valence-electron chi connectivity index (χ0n) is 11.3. The SMILES string of the molecule is CCOC(=O)c1ccc(NC(=O)c2cc(=O)[nH]cn2)cc1. The van der Waals surface area contributed by atoms with Crippen molar-refractivity contribution >= 4 is 17.6 Å². The molecule has 2 N–H and O–H groups in total. The molecule has 21 heavy (non-hydrogen) atoms. The number of hydrogen-bond donors (Lipinski definition) is 2. The highest BCUT2D eigenvalue weighted by atomic mass is 16.5. The first-order valence-corrected chi connectivity index (χ1v) is 6.23.